The average molecular weight is 467 g/mol. The molecular formula is C27H21N3O5. The number of hydrogen-bond acceptors (Lipinski definition) is 6. The molecule has 0 aromatic heterocycles. The molecule has 0 fully saturated rings. The zero-order valence-electron chi connectivity index (χ0n) is 18.7. The van der Waals surface area contributed by atoms with Crippen LogP contribution in [0.25, 0.3) is 10.8 Å². The molecule has 0 heterocycles. The van der Waals surface area contributed by atoms with E-state index in [2.05, 4.69) is 15.8 Å². The highest BCUT2D eigenvalue weighted by Crippen LogP contribution is 2.22. The molecule has 0 spiro atoms. The Balaban J connectivity index is 1.34. The molecule has 2 N–H and O–H groups in total. The normalized spacial score (nSPS) is 10.7. The van der Waals surface area contributed by atoms with Gasteiger partial charge in [-0.05, 0) is 53.4 Å². The van der Waals surface area contributed by atoms with E-state index in [4.69, 9.17) is 9.47 Å². The summed E-state index contributed by atoms with van der Waals surface area (Å²) in [6, 6.07) is 26.1. The molecule has 0 aliphatic rings. The second kappa shape index (κ2) is 10.8. The molecule has 35 heavy (non-hydrogen) atoms. The molecule has 0 saturated heterocycles. The number of fused-ring (bicyclic) bond motifs is 1. The lowest BCUT2D eigenvalue weighted by Gasteiger charge is -2.07. The summed E-state index contributed by atoms with van der Waals surface area (Å²) < 4.78 is 10.5. The van der Waals surface area contributed by atoms with Crippen LogP contribution in [0.2, 0.25) is 0 Å². The van der Waals surface area contributed by atoms with Gasteiger partial charge in [-0.2, -0.15) is 5.10 Å². The molecule has 0 aliphatic heterocycles. The van der Waals surface area contributed by atoms with Gasteiger partial charge in [0.25, 0.3) is 0 Å². The Bertz CT molecular complexity index is 1410. The number of esters is 1. The van der Waals surface area contributed by atoms with Gasteiger partial charge in [0.05, 0.1) is 18.9 Å². The Kier molecular flexibility index (Phi) is 7.13. The summed E-state index contributed by atoms with van der Waals surface area (Å²) in [6.45, 7) is 0. The maximum atomic E-state index is 12.3. The van der Waals surface area contributed by atoms with Crippen molar-refractivity contribution in [1.29, 1.82) is 0 Å². The van der Waals surface area contributed by atoms with Crippen LogP contribution in [0.1, 0.15) is 15.9 Å². The number of carbonyl (C=O) groups excluding carboxylic acids is 3. The molecule has 0 atom stereocenters. The Morgan fingerprint density at radius 3 is 2.34 bits per heavy atom. The fourth-order valence-corrected chi connectivity index (χ4v) is 3.28. The summed E-state index contributed by atoms with van der Waals surface area (Å²) in [5.74, 6) is -1.36. The van der Waals surface area contributed by atoms with Crippen molar-refractivity contribution in [3.05, 3.63) is 102 Å². The minimum Gasteiger partial charge on any atom is -0.497 e. The first-order chi connectivity index (χ1) is 17.0. The van der Waals surface area contributed by atoms with E-state index in [1.807, 2.05) is 30.3 Å². The van der Waals surface area contributed by atoms with Crippen molar-refractivity contribution in [2.24, 2.45) is 5.10 Å². The van der Waals surface area contributed by atoms with Crippen molar-refractivity contribution in [3.8, 4) is 11.5 Å². The maximum Gasteiger partial charge on any atom is 0.343 e. The van der Waals surface area contributed by atoms with Crippen molar-refractivity contribution in [3.63, 3.8) is 0 Å². The Hall–Kier alpha value is -4.98. The van der Waals surface area contributed by atoms with Gasteiger partial charge in [0.2, 0.25) is 0 Å². The van der Waals surface area contributed by atoms with Crippen molar-refractivity contribution in [1.82, 2.24) is 5.43 Å². The number of nitrogens with one attached hydrogen (secondary N) is 2. The minimum atomic E-state index is -0.920. The quantitative estimate of drug-likeness (QED) is 0.146. The van der Waals surface area contributed by atoms with Crippen LogP contribution in [-0.2, 0) is 9.59 Å². The first-order valence-electron chi connectivity index (χ1n) is 10.6. The second-order valence-electron chi connectivity index (χ2n) is 7.37. The summed E-state index contributed by atoms with van der Waals surface area (Å²) in [6.07, 6.45) is 1.34. The highest BCUT2D eigenvalue weighted by Gasteiger charge is 2.14. The van der Waals surface area contributed by atoms with Crippen LogP contribution in [0.5, 0.6) is 11.5 Å². The van der Waals surface area contributed by atoms with E-state index >= 15 is 0 Å². The van der Waals surface area contributed by atoms with Crippen LogP contribution in [0, 0.1) is 0 Å². The standard InChI is InChI=1S/C27H21N3O5/c1-34-21-14-12-20(13-15-21)27(33)35-22-9-4-6-18(16-22)17-28-30-26(32)25(31)29-24-11-5-8-19-7-2-3-10-23(19)24/h2-17H,1H3,(H,29,31)(H,30,32)/b28-17+. The van der Waals surface area contributed by atoms with E-state index in [0.717, 1.165) is 10.8 Å². The van der Waals surface area contributed by atoms with Crippen LogP contribution in [0.4, 0.5) is 5.69 Å². The zero-order chi connectivity index (χ0) is 24.6. The van der Waals surface area contributed by atoms with E-state index in [1.54, 1.807) is 67.8 Å². The van der Waals surface area contributed by atoms with E-state index < -0.39 is 17.8 Å². The zero-order valence-corrected chi connectivity index (χ0v) is 18.7. The second-order valence-corrected chi connectivity index (χ2v) is 7.37. The first-order valence-corrected chi connectivity index (χ1v) is 10.6. The lowest BCUT2D eigenvalue weighted by atomic mass is 10.1. The third-order valence-corrected chi connectivity index (χ3v) is 5.02. The third-order valence-electron chi connectivity index (χ3n) is 5.02. The number of ether oxygens (including phenoxy) is 2. The number of anilines is 1. The Labute approximate surface area is 201 Å². The average Bonchev–Trinajstić information content (AvgIpc) is 2.89. The molecule has 4 aromatic carbocycles. The molecule has 174 valence electrons. The van der Waals surface area contributed by atoms with E-state index in [9.17, 15) is 14.4 Å². The molecule has 8 heteroatoms. The number of hydrazone groups is 1. The number of rotatable bonds is 6. The van der Waals surface area contributed by atoms with Gasteiger partial charge in [0, 0.05) is 11.1 Å². The molecule has 0 radical (unpaired) electrons. The number of benzene rings is 4. The van der Waals surface area contributed by atoms with Crippen LogP contribution < -0.4 is 20.2 Å². The van der Waals surface area contributed by atoms with E-state index in [1.165, 1.54) is 6.21 Å². The lowest BCUT2D eigenvalue weighted by Crippen LogP contribution is -2.32. The van der Waals surface area contributed by atoms with Gasteiger partial charge in [-0.15, -0.1) is 0 Å². The van der Waals surface area contributed by atoms with Crippen molar-refractivity contribution in [2.45, 2.75) is 0 Å². The molecule has 0 bridgehead atoms. The maximum absolute atomic E-state index is 12.3. The molecule has 0 aliphatic carbocycles. The molecule has 4 aromatic rings. The van der Waals surface area contributed by atoms with Gasteiger partial charge in [-0.25, -0.2) is 10.2 Å². The predicted octanol–water partition coefficient (Wildman–Crippen LogP) is 4.16. The van der Waals surface area contributed by atoms with Crippen LogP contribution in [-0.4, -0.2) is 31.1 Å². The predicted molar refractivity (Wildman–Crippen MR) is 133 cm³/mol. The smallest absolute Gasteiger partial charge is 0.343 e. The monoisotopic (exact) mass is 467 g/mol. The number of hydrogen-bond donors (Lipinski definition) is 2. The minimum absolute atomic E-state index is 0.301. The summed E-state index contributed by atoms with van der Waals surface area (Å²) in [4.78, 5) is 36.8. The van der Waals surface area contributed by atoms with Crippen LogP contribution in [0.15, 0.2) is 96.1 Å². The number of nitrogens with zero attached hydrogens (tertiary/aromatic N) is 1. The third kappa shape index (κ3) is 5.88. The van der Waals surface area contributed by atoms with Crippen LogP contribution in [0.3, 0.4) is 0 Å². The summed E-state index contributed by atoms with van der Waals surface area (Å²) in [7, 11) is 1.54. The number of amides is 2. The molecule has 4 rings (SSSR count). The number of methoxy groups -OCH3 is 1. The molecule has 2 amide bonds. The van der Waals surface area contributed by atoms with Gasteiger partial charge in [0.1, 0.15) is 11.5 Å². The summed E-state index contributed by atoms with van der Waals surface area (Å²) >= 11 is 0. The Morgan fingerprint density at radius 2 is 1.54 bits per heavy atom. The first kappa shape index (κ1) is 23.2. The number of carbonyl (C=O) groups is 3. The largest absolute Gasteiger partial charge is 0.497 e. The topological polar surface area (TPSA) is 106 Å². The lowest BCUT2D eigenvalue weighted by molar-refractivity contribution is -0.136. The summed E-state index contributed by atoms with van der Waals surface area (Å²) in [5.41, 5.74) is 3.65. The summed E-state index contributed by atoms with van der Waals surface area (Å²) in [5, 5.41) is 8.18. The van der Waals surface area contributed by atoms with E-state index in [0.29, 0.717) is 28.3 Å². The van der Waals surface area contributed by atoms with Crippen molar-refractivity contribution < 1.29 is 23.9 Å². The fourth-order valence-electron chi connectivity index (χ4n) is 3.28. The van der Waals surface area contributed by atoms with Gasteiger partial charge in [-0.3, -0.25) is 9.59 Å². The molecular weight excluding hydrogens is 446 g/mol. The SMILES string of the molecule is COc1ccc(C(=O)Oc2cccc(/C=N/NC(=O)C(=O)Nc3cccc4ccccc34)c2)cc1. The van der Waals surface area contributed by atoms with Crippen molar-refractivity contribution >= 4 is 40.5 Å². The highest BCUT2D eigenvalue weighted by atomic mass is 16.5. The molecule has 8 nitrogen and oxygen atoms in total. The molecule has 0 unspecified atom stereocenters. The Morgan fingerprint density at radius 1 is 0.800 bits per heavy atom. The molecule has 0 saturated carbocycles. The van der Waals surface area contributed by atoms with Gasteiger partial charge in [-0.1, -0.05) is 48.5 Å². The van der Waals surface area contributed by atoms with E-state index in [-0.39, 0.29) is 0 Å². The van der Waals surface area contributed by atoms with Gasteiger partial charge in [0.15, 0.2) is 0 Å². The van der Waals surface area contributed by atoms with Crippen LogP contribution >= 0.6 is 0 Å². The van der Waals surface area contributed by atoms with Gasteiger partial charge >= 0.3 is 17.8 Å². The highest BCUT2D eigenvalue weighted by molar-refractivity contribution is 6.40. The van der Waals surface area contributed by atoms with Crippen molar-refractivity contribution in [2.75, 3.05) is 12.4 Å². The fraction of sp³-hybridized carbons (Fsp3) is 0.0370. The van der Waals surface area contributed by atoms with Gasteiger partial charge < -0.3 is 14.8 Å².